The molecule has 0 saturated carbocycles. The molecule has 0 heterocycles. The number of amides is 2. The van der Waals surface area contributed by atoms with Gasteiger partial charge < -0.3 is 15.0 Å². The molecule has 0 bridgehead atoms. The normalized spacial score (nSPS) is 12.1. The van der Waals surface area contributed by atoms with Gasteiger partial charge in [0.15, 0.2) is 0 Å². The zero-order valence-electron chi connectivity index (χ0n) is 22.4. The molecule has 1 atom stereocenters. The second-order valence-corrected chi connectivity index (χ2v) is 11.2. The summed E-state index contributed by atoms with van der Waals surface area (Å²) in [5.41, 5.74) is 2.11. The van der Waals surface area contributed by atoms with Crippen molar-refractivity contribution in [1.29, 1.82) is 0 Å². The molecule has 1 N–H and O–H groups in total. The van der Waals surface area contributed by atoms with Crippen molar-refractivity contribution in [2.24, 2.45) is 0 Å². The molecule has 3 aromatic carbocycles. The van der Waals surface area contributed by atoms with Crippen molar-refractivity contribution in [3.8, 4) is 5.75 Å². The Hall–Kier alpha value is -3.85. The number of carbonyl (C=O) groups excluding carboxylic acids is 2. The summed E-state index contributed by atoms with van der Waals surface area (Å²) in [6, 6.07) is 21.2. The largest absolute Gasteiger partial charge is 0.495 e. The number of ether oxygens (including phenoxy) is 1. The van der Waals surface area contributed by atoms with Crippen LogP contribution in [0.4, 0.5) is 5.69 Å². The summed E-state index contributed by atoms with van der Waals surface area (Å²) in [5.74, 6) is -0.548. The number of hydrogen-bond donors (Lipinski definition) is 1. The van der Waals surface area contributed by atoms with Crippen LogP contribution < -0.4 is 14.4 Å². The Labute approximate surface area is 225 Å². The molecule has 0 aliphatic rings. The lowest BCUT2D eigenvalue weighted by molar-refractivity contribution is -0.139. The van der Waals surface area contributed by atoms with Crippen LogP contribution in [0, 0.1) is 6.92 Å². The van der Waals surface area contributed by atoms with Crippen molar-refractivity contribution in [1.82, 2.24) is 10.2 Å². The number of methoxy groups -OCH3 is 1. The highest BCUT2D eigenvalue weighted by Crippen LogP contribution is 2.32. The summed E-state index contributed by atoms with van der Waals surface area (Å²) >= 11 is 0. The molecule has 38 heavy (non-hydrogen) atoms. The molecule has 9 heteroatoms. The maximum absolute atomic E-state index is 13.9. The second kappa shape index (κ2) is 12.6. The fraction of sp³-hybridized carbons (Fsp3) is 0.310. The average molecular weight is 538 g/mol. The SMILES string of the molecule is COc1ccccc1N(CC(=O)N(Cc1ccc(C)cc1)[C@@H](C)C(=O)NC(C)C)S(=O)(=O)c1ccccc1. The number of para-hydroxylation sites is 2. The van der Waals surface area contributed by atoms with Crippen molar-refractivity contribution in [3.63, 3.8) is 0 Å². The summed E-state index contributed by atoms with van der Waals surface area (Å²) in [7, 11) is -2.71. The van der Waals surface area contributed by atoms with Crippen LogP contribution in [0.15, 0.2) is 83.8 Å². The maximum atomic E-state index is 13.9. The third-order valence-corrected chi connectivity index (χ3v) is 7.81. The average Bonchev–Trinajstić information content (AvgIpc) is 2.90. The van der Waals surface area contributed by atoms with Crippen molar-refractivity contribution in [2.45, 2.75) is 51.2 Å². The molecule has 0 radical (unpaired) electrons. The van der Waals surface area contributed by atoms with E-state index in [4.69, 9.17) is 4.74 Å². The van der Waals surface area contributed by atoms with Crippen LogP contribution in [0.5, 0.6) is 5.75 Å². The first-order valence-corrected chi connectivity index (χ1v) is 13.8. The van der Waals surface area contributed by atoms with Gasteiger partial charge in [-0.3, -0.25) is 13.9 Å². The monoisotopic (exact) mass is 537 g/mol. The van der Waals surface area contributed by atoms with Gasteiger partial charge in [0.2, 0.25) is 11.8 Å². The lowest BCUT2D eigenvalue weighted by atomic mass is 10.1. The smallest absolute Gasteiger partial charge is 0.264 e. The number of hydrogen-bond acceptors (Lipinski definition) is 5. The number of benzene rings is 3. The number of sulfonamides is 1. The Morgan fingerprint density at radius 2 is 1.50 bits per heavy atom. The number of anilines is 1. The van der Waals surface area contributed by atoms with Gasteiger partial charge in [0, 0.05) is 12.6 Å². The molecule has 0 aliphatic heterocycles. The number of carbonyl (C=O) groups is 2. The second-order valence-electron chi connectivity index (χ2n) is 9.34. The van der Waals surface area contributed by atoms with Gasteiger partial charge in [-0.15, -0.1) is 0 Å². The number of rotatable bonds is 11. The van der Waals surface area contributed by atoms with E-state index in [0.717, 1.165) is 15.4 Å². The van der Waals surface area contributed by atoms with Gasteiger partial charge in [0.25, 0.3) is 10.0 Å². The van der Waals surface area contributed by atoms with Crippen molar-refractivity contribution < 1.29 is 22.7 Å². The fourth-order valence-electron chi connectivity index (χ4n) is 3.95. The molecule has 3 aromatic rings. The molecule has 0 unspecified atom stereocenters. The zero-order valence-corrected chi connectivity index (χ0v) is 23.2. The van der Waals surface area contributed by atoms with E-state index in [0.29, 0.717) is 5.75 Å². The van der Waals surface area contributed by atoms with Crippen LogP contribution in [-0.4, -0.2) is 50.9 Å². The number of aryl methyl sites for hydroxylation is 1. The van der Waals surface area contributed by atoms with Gasteiger partial charge >= 0.3 is 0 Å². The van der Waals surface area contributed by atoms with Crippen LogP contribution in [0.25, 0.3) is 0 Å². The third kappa shape index (κ3) is 6.92. The molecule has 202 valence electrons. The summed E-state index contributed by atoms with van der Waals surface area (Å²) in [4.78, 5) is 28.3. The predicted octanol–water partition coefficient (Wildman–Crippen LogP) is 4.14. The Kier molecular flexibility index (Phi) is 9.52. The summed E-state index contributed by atoms with van der Waals surface area (Å²) in [5, 5.41) is 2.85. The van der Waals surface area contributed by atoms with Crippen molar-refractivity contribution in [3.05, 3.63) is 90.0 Å². The van der Waals surface area contributed by atoms with E-state index in [9.17, 15) is 18.0 Å². The summed E-state index contributed by atoms with van der Waals surface area (Å²) in [6.07, 6.45) is 0. The Morgan fingerprint density at radius 1 is 0.895 bits per heavy atom. The van der Waals surface area contributed by atoms with Crippen molar-refractivity contribution in [2.75, 3.05) is 18.0 Å². The first-order valence-electron chi connectivity index (χ1n) is 12.4. The quantitative estimate of drug-likeness (QED) is 0.397. The van der Waals surface area contributed by atoms with Gasteiger partial charge in [-0.1, -0.05) is 60.2 Å². The lowest BCUT2D eigenvalue weighted by Gasteiger charge is -2.32. The first kappa shape index (κ1) is 28.7. The van der Waals surface area contributed by atoms with Gasteiger partial charge in [-0.2, -0.15) is 0 Å². The number of nitrogens with one attached hydrogen (secondary N) is 1. The molecule has 0 spiro atoms. The van der Waals surface area contributed by atoms with Gasteiger partial charge in [0.05, 0.1) is 17.7 Å². The first-order chi connectivity index (χ1) is 18.0. The van der Waals surface area contributed by atoms with Gasteiger partial charge in [-0.05, 0) is 57.5 Å². The molecule has 0 fully saturated rings. The molecule has 0 saturated heterocycles. The highest BCUT2D eigenvalue weighted by Gasteiger charge is 2.33. The minimum Gasteiger partial charge on any atom is -0.495 e. The standard InChI is InChI=1S/C29H35N3O5S/c1-21(2)30-29(34)23(4)31(19-24-17-15-22(3)16-18-24)28(33)20-32(26-13-9-10-14-27(26)37-5)38(35,36)25-11-7-6-8-12-25/h6-18,21,23H,19-20H2,1-5H3,(H,30,34)/t23-/m0/s1. The van der Waals surface area contributed by atoms with Crippen molar-refractivity contribution >= 4 is 27.5 Å². The third-order valence-electron chi connectivity index (χ3n) is 6.04. The molecule has 8 nitrogen and oxygen atoms in total. The molecule has 0 aromatic heterocycles. The van der Waals surface area contributed by atoms with Crippen LogP contribution in [-0.2, 0) is 26.2 Å². The van der Waals surface area contributed by atoms with Gasteiger partial charge in [0.1, 0.15) is 18.3 Å². The summed E-state index contributed by atoms with van der Waals surface area (Å²) in [6.45, 7) is 6.90. The van der Waals surface area contributed by atoms with E-state index in [1.54, 1.807) is 49.4 Å². The highest BCUT2D eigenvalue weighted by molar-refractivity contribution is 7.92. The molecule has 2 amide bonds. The van der Waals surface area contributed by atoms with E-state index in [2.05, 4.69) is 5.32 Å². The zero-order chi connectivity index (χ0) is 27.9. The highest BCUT2D eigenvalue weighted by atomic mass is 32.2. The maximum Gasteiger partial charge on any atom is 0.264 e. The topological polar surface area (TPSA) is 96.0 Å². The van der Waals surface area contributed by atoms with E-state index >= 15 is 0 Å². The van der Waals surface area contributed by atoms with Crippen LogP contribution in [0.3, 0.4) is 0 Å². The van der Waals surface area contributed by atoms with Crippen LogP contribution in [0.1, 0.15) is 31.9 Å². The lowest BCUT2D eigenvalue weighted by Crippen LogP contribution is -2.52. The Balaban J connectivity index is 2.05. The molecule has 3 rings (SSSR count). The van der Waals surface area contributed by atoms with Gasteiger partial charge in [-0.25, -0.2) is 8.42 Å². The van der Waals surface area contributed by atoms with Crippen LogP contribution in [0.2, 0.25) is 0 Å². The fourth-order valence-corrected chi connectivity index (χ4v) is 5.39. The van der Waals surface area contributed by atoms with E-state index < -0.39 is 28.5 Å². The predicted molar refractivity (Wildman–Crippen MR) is 148 cm³/mol. The number of nitrogens with zero attached hydrogens (tertiary/aromatic N) is 2. The Morgan fingerprint density at radius 3 is 2.11 bits per heavy atom. The molecular formula is C29H35N3O5S. The molecular weight excluding hydrogens is 502 g/mol. The van der Waals surface area contributed by atoms with E-state index in [-0.39, 0.29) is 29.1 Å². The molecule has 0 aliphatic carbocycles. The minimum atomic E-state index is -4.15. The van der Waals surface area contributed by atoms with E-state index in [1.165, 1.54) is 24.1 Å². The summed E-state index contributed by atoms with van der Waals surface area (Å²) < 4.78 is 34.1. The van der Waals surface area contributed by atoms with E-state index in [1.807, 2.05) is 45.0 Å². The minimum absolute atomic E-state index is 0.0365. The van der Waals surface area contributed by atoms with Crippen LogP contribution >= 0.6 is 0 Å². The Bertz CT molecular complexity index is 1340.